The molecule has 6 nitrogen and oxygen atoms in total. The van der Waals surface area contributed by atoms with Crippen LogP contribution in [0.1, 0.15) is 10.5 Å². The molecule has 0 unspecified atom stereocenters. The van der Waals surface area contributed by atoms with Crippen molar-refractivity contribution in [2.75, 3.05) is 5.32 Å². The van der Waals surface area contributed by atoms with E-state index in [4.69, 9.17) is 0 Å². The monoisotopic (exact) mass is 343 g/mol. The molecule has 0 atom stereocenters. The molecule has 0 bridgehead atoms. The fourth-order valence-corrected chi connectivity index (χ4v) is 2.24. The third-order valence-corrected chi connectivity index (χ3v) is 3.37. The standard InChI is InChI=1S/C14H10BrN5O/c15-10-4-1-6-16-12(10)14(21)19-11-5-2-7-17-13(11)20-9-3-8-18-20/h1-9H,(H,19,21). The number of carbonyl (C=O) groups is 1. The molecule has 21 heavy (non-hydrogen) atoms. The Morgan fingerprint density at radius 3 is 2.67 bits per heavy atom. The van der Waals surface area contributed by atoms with E-state index in [1.165, 1.54) is 0 Å². The molecule has 3 aromatic rings. The Labute approximate surface area is 129 Å². The number of hydrogen-bond donors (Lipinski definition) is 1. The van der Waals surface area contributed by atoms with Gasteiger partial charge in [-0.2, -0.15) is 5.10 Å². The lowest BCUT2D eigenvalue weighted by atomic mass is 10.3. The number of halogens is 1. The zero-order chi connectivity index (χ0) is 14.7. The summed E-state index contributed by atoms with van der Waals surface area (Å²) in [6, 6.07) is 8.81. The molecule has 3 aromatic heterocycles. The summed E-state index contributed by atoms with van der Waals surface area (Å²) < 4.78 is 2.22. The minimum absolute atomic E-state index is 0.313. The molecule has 1 N–H and O–H groups in total. The molecule has 0 aliphatic carbocycles. The average molecular weight is 344 g/mol. The highest BCUT2D eigenvalue weighted by Crippen LogP contribution is 2.19. The second-order valence-electron chi connectivity index (χ2n) is 4.11. The Bertz CT molecular complexity index is 773. The van der Waals surface area contributed by atoms with Gasteiger partial charge >= 0.3 is 0 Å². The van der Waals surface area contributed by atoms with Gasteiger partial charge in [0.1, 0.15) is 5.69 Å². The Balaban J connectivity index is 1.93. The molecule has 0 saturated carbocycles. The van der Waals surface area contributed by atoms with Gasteiger partial charge in [-0.15, -0.1) is 0 Å². The van der Waals surface area contributed by atoms with Crippen molar-refractivity contribution in [2.45, 2.75) is 0 Å². The zero-order valence-electron chi connectivity index (χ0n) is 10.8. The molecule has 1 amide bonds. The first-order valence-corrected chi connectivity index (χ1v) is 6.92. The maximum atomic E-state index is 12.3. The van der Waals surface area contributed by atoms with Crippen LogP contribution in [0.4, 0.5) is 5.69 Å². The maximum absolute atomic E-state index is 12.3. The number of anilines is 1. The second-order valence-corrected chi connectivity index (χ2v) is 4.97. The molecular formula is C14H10BrN5O. The van der Waals surface area contributed by atoms with Crippen LogP contribution in [0.25, 0.3) is 5.82 Å². The van der Waals surface area contributed by atoms with Crippen molar-refractivity contribution in [3.63, 3.8) is 0 Å². The van der Waals surface area contributed by atoms with Crippen molar-refractivity contribution in [2.24, 2.45) is 0 Å². The highest BCUT2D eigenvalue weighted by atomic mass is 79.9. The third-order valence-electron chi connectivity index (χ3n) is 2.73. The lowest BCUT2D eigenvalue weighted by Gasteiger charge is -2.10. The quantitative estimate of drug-likeness (QED) is 0.793. The fourth-order valence-electron chi connectivity index (χ4n) is 1.81. The minimum atomic E-state index is -0.316. The Hall–Kier alpha value is -2.54. The van der Waals surface area contributed by atoms with E-state index in [2.05, 4.69) is 36.3 Å². The molecule has 0 aliphatic heterocycles. The lowest BCUT2D eigenvalue weighted by Crippen LogP contribution is -2.16. The van der Waals surface area contributed by atoms with Crippen molar-refractivity contribution >= 4 is 27.5 Å². The van der Waals surface area contributed by atoms with E-state index < -0.39 is 0 Å². The van der Waals surface area contributed by atoms with Crippen molar-refractivity contribution < 1.29 is 4.79 Å². The number of nitrogens with zero attached hydrogens (tertiary/aromatic N) is 4. The van der Waals surface area contributed by atoms with Crippen LogP contribution in [-0.2, 0) is 0 Å². The van der Waals surface area contributed by atoms with Gasteiger partial charge in [-0.25, -0.2) is 14.6 Å². The Morgan fingerprint density at radius 1 is 1.10 bits per heavy atom. The molecule has 0 radical (unpaired) electrons. The van der Waals surface area contributed by atoms with Crippen LogP contribution in [0.5, 0.6) is 0 Å². The molecule has 3 heterocycles. The van der Waals surface area contributed by atoms with Crippen molar-refractivity contribution in [1.82, 2.24) is 19.7 Å². The number of carbonyl (C=O) groups excluding carboxylic acids is 1. The van der Waals surface area contributed by atoms with Gasteiger partial charge in [-0.3, -0.25) is 4.79 Å². The normalized spacial score (nSPS) is 10.3. The number of rotatable bonds is 3. The first-order chi connectivity index (χ1) is 10.3. The van der Waals surface area contributed by atoms with E-state index in [9.17, 15) is 4.79 Å². The summed E-state index contributed by atoms with van der Waals surface area (Å²) in [5.74, 6) is 0.229. The van der Waals surface area contributed by atoms with Crippen molar-refractivity contribution in [3.05, 3.63) is 65.3 Å². The van der Waals surface area contributed by atoms with Crippen LogP contribution < -0.4 is 5.32 Å². The highest BCUT2D eigenvalue weighted by Gasteiger charge is 2.14. The molecular weight excluding hydrogens is 334 g/mol. The topological polar surface area (TPSA) is 72.7 Å². The SMILES string of the molecule is O=C(Nc1cccnc1-n1cccn1)c1ncccc1Br. The van der Waals surface area contributed by atoms with E-state index in [1.54, 1.807) is 59.8 Å². The van der Waals surface area contributed by atoms with E-state index in [1.807, 2.05) is 0 Å². The van der Waals surface area contributed by atoms with Crippen LogP contribution in [0, 0.1) is 0 Å². The number of amides is 1. The molecule has 7 heteroatoms. The van der Waals surface area contributed by atoms with E-state index >= 15 is 0 Å². The summed E-state index contributed by atoms with van der Waals surface area (Å²) in [5, 5.41) is 6.92. The zero-order valence-corrected chi connectivity index (χ0v) is 12.4. The van der Waals surface area contributed by atoms with Crippen LogP contribution in [-0.4, -0.2) is 25.7 Å². The van der Waals surface area contributed by atoms with E-state index in [0.29, 0.717) is 21.7 Å². The predicted molar refractivity (Wildman–Crippen MR) is 81.2 cm³/mol. The summed E-state index contributed by atoms with van der Waals surface area (Å²) >= 11 is 3.31. The number of pyridine rings is 2. The summed E-state index contributed by atoms with van der Waals surface area (Å²) in [7, 11) is 0. The lowest BCUT2D eigenvalue weighted by molar-refractivity contribution is 0.102. The smallest absolute Gasteiger partial charge is 0.275 e. The van der Waals surface area contributed by atoms with Crippen LogP contribution >= 0.6 is 15.9 Å². The van der Waals surface area contributed by atoms with Crippen molar-refractivity contribution in [3.8, 4) is 5.82 Å². The van der Waals surface area contributed by atoms with Crippen LogP contribution in [0.15, 0.2) is 59.6 Å². The third kappa shape index (κ3) is 2.82. The van der Waals surface area contributed by atoms with Gasteiger partial charge in [0.2, 0.25) is 0 Å². The van der Waals surface area contributed by atoms with E-state index in [0.717, 1.165) is 0 Å². The van der Waals surface area contributed by atoms with Crippen molar-refractivity contribution in [1.29, 1.82) is 0 Å². The molecule has 104 valence electrons. The van der Waals surface area contributed by atoms with Crippen LogP contribution in [0.2, 0.25) is 0 Å². The predicted octanol–water partition coefficient (Wildman–Crippen LogP) is 2.68. The fraction of sp³-hybridized carbons (Fsp3) is 0. The molecule has 0 saturated heterocycles. The molecule has 0 aliphatic rings. The summed E-state index contributed by atoms with van der Waals surface area (Å²) in [4.78, 5) is 20.6. The molecule has 0 fully saturated rings. The first kappa shape index (κ1) is 13.4. The largest absolute Gasteiger partial charge is 0.317 e. The Kier molecular flexibility index (Phi) is 3.74. The second kappa shape index (κ2) is 5.84. The average Bonchev–Trinajstić information content (AvgIpc) is 3.02. The Morgan fingerprint density at radius 2 is 1.90 bits per heavy atom. The summed E-state index contributed by atoms with van der Waals surface area (Å²) in [5.41, 5.74) is 0.872. The number of hydrogen-bond acceptors (Lipinski definition) is 4. The highest BCUT2D eigenvalue weighted by molar-refractivity contribution is 9.10. The molecule has 0 spiro atoms. The maximum Gasteiger partial charge on any atom is 0.275 e. The van der Waals surface area contributed by atoms with Gasteiger partial charge in [0.25, 0.3) is 5.91 Å². The number of nitrogens with one attached hydrogen (secondary N) is 1. The number of aromatic nitrogens is 4. The van der Waals surface area contributed by atoms with Gasteiger partial charge in [0, 0.05) is 29.3 Å². The van der Waals surface area contributed by atoms with E-state index in [-0.39, 0.29) is 5.91 Å². The minimum Gasteiger partial charge on any atom is -0.317 e. The van der Waals surface area contributed by atoms with Gasteiger partial charge in [-0.05, 0) is 46.3 Å². The first-order valence-electron chi connectivity index (χ1n) is 6.12. The molecule has 0 aromatic carbocycles. The van der Waals surface area contributed by atoms with Gasteiger partial charge in [0.05, 0.1) is 5.69 Å². The summed E-state index contributed by atoms with van der Waals surface area (Å²) in [6.07, 6.45) is 6.62. The molecule has 3 rings (SSSR count). The van der Waals surface area contributed by atoms with Crippen LogP contribution in [0.3, 0.4) is 0 Å². The van der Waals surface area contributed by atoms with Gasteiger partial charge in [0.15, 0.2) is 5.82 Å². The summed E-state index contributed by atoms with van der Waals surface area (Å²) in [6.45, 7) is 0. The van der Waals surface area contributed by atoms with Gasteiger partial charge < -0.3 is 5.32 Å². The van der Waals surface area contributed by atoms with Gasteiger partial charge in [-0.1, -0.05) is 0 Å².